The number of unbranched alkanes of at least 4 members (excludes halogenated alkanes) is 2. The molecule has 0 rings (SSSR count). The van der Waals surface area contributed by atoms with Gasteiger partial charge in [0.05, 0.1) is 0 Å². The van der Waals surface area contributed by atoms with Gasteiger partial charge in [-0.3, -0.25) is 0 Å². The topological polar surface area (TPSA) is 0 Å². The third kappa shape index (κ3) is 32.6. The minimum absolute atomic E-state index is 0. The molecule has 0 atom stereocenters. The molecule has 0 saturated carbocycles. The molecule has 0 unspecified atom stereocenters. The molecule has 0 aliphatic rings. The zero-order valence-electron chi connectivity index (χ0n) is 7.77. The Kier molecular flexibility index (Phi) is 39.8. The van der Waals surface area contributed by atoms with Crippen molar-refractivity contribution in [2.45, 2.75) is 48.5 Å². The quantitative estimate of drug-likeness (QED) is 0.457. The third-order valence-electron chi connectivity index (χ3n) is 0.996. The van der Waals surface area contributed by atoms with Crippen molar-refractivity contribution >= 4 is 44.6 Å². The van der Waals surface area contributed by atoms with E-state index in [2.05, 4.69) is 58.4 Å². The third-order valence-corrected chi connectivity index (χ3v) is 2.64. The van der Waals surface area contributed by atoms with Crippen molar-refractivity contribution in [3.63, 3.8) is 0 Å². The van der Waals surface area contributed by atoms with Gasteiger partial charge in [-0.2, -0.15) is 0 Å². The summed E-state index contributed by atoms with van der Waals surface area (Å²) in [5.41, 5.74) is 0. The van der Waals surface area contributed by atoms with E-state index in [1.807, 2.05) is 0 Å². The molecule has 64 valence electrons. The standard InChI is InChI=1S/2C4H9Te.Hg/c2*1-2-3-4-5;/h2*2-4H2,1H3;. The molecule has 11 heavy (non-hydrogen) atoms. The molecule has 0 aromatic heterocycles. The van der Waals surface area contributed by atoms with Gasteiger partial charge in [-0.1, -0.05) is 0 Å². The molecular weight excluding hydrogens is 552 g/mol. The SMILES string of the molecule is CCCC[Te].CCCC[Te].[Hg]. The molecule has 2 radical (unpaired) electrons. The van der Waals surface area contributed by atoms with E-state index in [-0.39, 0.29) is 27.7 Å². The molecule has 3 heteroatoms. The molecule has 0 saturated heterocycles. The van der Waals surface area contributed by atoms with Crippen LogP contribution >= 0.6 is 0 Å². The van der Waals surface area contributed by atoms with Crippen LogP contribution in [0.5, 0.6) is 0 Å². The minimum atomic E-state index is 0. The van der Waals surface area contributed by atoms with E-state index in [1.54, 1.807) is 0 Å². The monoisotopic (exact) mass is 576 g/mol. The van der Waals surface area contributed by atoms with E-state index < -0.39 is 0 Å². The Morgan fingerprint density at radius 2 is 1.09 bits per heavy atom. The van der Waals surface area contributed by atoms with Crippen LogP contribution < -0.4 is 0 Å². The summed E-state index contributed by atoms with van der Waals surface area (Å²) >= 11 is 4.31. The van der Waals surface area contributed by atoms with Gasteiger partial charge in [0.25, 0.3) is 0 Å². The van der Waals surface area contributed by atoms with Crippen molar-refractivity contribution in [1.29, 1.82) is 0 Å². The average molecular weight is 570 g/mol. The molecule has 0 heterocycles. The Hall–Kier alpha value is 2.51. The zero-order valence-corrected chi connectivity index (χ0v) is 17.9. The van der Waals surface area contributed by atoms with Crippen LogP contribution in [0.25, 0.3) is 0 Å². The van der Waals surface area contributed by atoms with E-state index in [9.17, 15) is 0 Å². The Morgan fingerprint density at radius 1 is 0.818 bits per heavy atom. The molecule has 0 aromatic carbocycles. The summed E-state index contributed by atoms with van der Waals surface area (Å²) in [7, 11) is 0. The predicted octanol–water partition coefficient (Wildman–Crippen LogP) is 2.74. The Labute approximate surface area is 119 Å². The van der Waals surface area contributed by atoms with Crippen LogP contribution in [0, 0.1) is 0 Å². The molecular formula is C8H18HgTe2. The first-order valence-electron chi connectivity index (χ1n) is 3.99. The Morgan fingerprint density at radius 3 is 1.09 bits per heavy atom. The molecule has 0 aromatic rings. The average Bonchev–Trinajstić information content (AvgIpc) is 1.93. The summed E-state index contributed by atoms with van der Waals surface area (Å²) in [4.78, 5) is 0. The van der Waals surface area contributed by atoms with Crippen molar-refractivity contribution in [1.82, 2.24) is 0 Å². The van der Waals surface area contributed by atoms with Gasteiger partial charge in [0, 0.05) is 27.7 Å². The van der Waals surface area contributed by atoms with Gasteiger partial charge in [0.15, 0.2) is 0 Å². The summed E-state index contributed by atoms with van der Waals surface area (Å²) in [5, 5.41) is 0. The molecule has 0 fully saturated rings. The predicted molar refractivity (Wildman–Crippen MR) is 50.9 cm³/mol. The Bertz CT molecular complexity index is 33.1. The van der Waals surface area contributed by atoms with Crippen LogP contribution in [0.2, 0.25) is 8.94 Å². The van der Waals surface area contributed by atoms with Crippen LogP contribution in [0.1, 0.15) is 39.5 Å². The molecule has 0 aliphatic heterocycles. The molecule has 0 bridgehead atoms. The second-order valence-corrected chi connectivity index (χ2v) is 4.45. The normalized spacial score (nSPS) is 7.64. The largest absolute Gasteiger partial charge is 0 e. The first kappa shape index (κ1) is 19.1. The van der Waals surface area contributed by atoms with Gasteiger partial charge < -0.3 is 0 Å². The summed E-state index contributed by atoms with van der Waals surface area (Å²) in [6.07, 6.45) is 5.48. The maximum Gasteiger partial charge on any atom is 0 e. The van der Waals surface area contributed by atoms with Gasteiger partial charge in [-0.25, -0.2) is 0 Å². The molecule has 0 N–H and O–H groups in total. The van der Waals surface area contributed by atoms with Crippen LogP contribution in [-0.4, -0.2) is 44.6 Å². The summed E-state index contributed by atoms with van der Waals surface area (Å²) < 4.78 is 2.71. The minimum Gasteiger partial charge on any atom is 0 e. The van der Waals surface area contributed by atoms with Gasteiger partial charge in [-0.15, -0.1) is 0 Å². The van der Waals surface area contributed by atoms with Gasteiger partial charge in [-0.05, 0) is 0 Å². The number of hydrogen-bond donors (Lipinski definition) is 0. The van der Waals surface area contributed by atoms with Crippen LogP contribution in [0.3, 0.4) is 0 Å². The van der Waals surface area contributed by atoms with E-state index in [1.165, 1.54) is 34.6 Å². The fraction of sp³-hybridized carbons (Fsp3) is 1.00. The van der Waals surface area contributed by atoms with E-state index in [4.69, 9.17) is 0 Å². The maximum absolute atomic E-state index is 2.21. The molecule has 0 spiro atoms. The Balaban J connectivity index is -0.000000107. The van der Waals surface area contributed by atoms with Crippen molar-refractivity contribution in [3.05, 3.63) is 0 Å². The summed E-state index contributed by atoms with van der Waals surface area (Å²) in [6.45, 7) is 4.43. The van der Waals surface area contributed by atoms with Gasteiger partial charge in [0.1, 0.15) is 0 Å². The first-order chi connectivity index (χ1) is 4.83. The summed E-state index contributed by atoms with van der Waals surface area (Å²) in [5.74, 6) is 0. The van der Waals surface area contributed by atoms with Crippen molar-refractivity contribution < 1.29 is 27.7 Å². The summed E-state index contributed by atoms with van der Waals surface area (Å²) in [6, 6.07) is 0. The number of rotatable bonds is 4. The van der Waals surface area contributed by atoms with Crippen LogP contribution in [0.15, 0.2) is 0 Å². The molecule has 0 aliphatic carbocycles. The van der Waals surface area contributed by atoms with E-state index in [0.29, 0.717) is 0 Å². The van der Waals surface area contributed by atoms with Gasteiger partial charge in [0.2, 0.25) is 0 Å². The van der Waals surface area contributed by atoms with Gasteiger partial charge >= 0.3 is 93.1 Å². The first-order valence-corrected chi connectivity index (χ1v) is 7.29. The second kappa shape index (κ2) is 22.9. The zero-order chi connectivity index (χ0) is 8.24. The molecule has 0 nitrogen and oxygen atoms in total. The van der Waals surface area contributed by atoms with Crippen LogP contribution in [0.4, 0.5) is 0 Å². The number of hydrogen-bond acceptors (Lipinski definition) is 0. The van der Waals surface area contributed by atoms with E-state index in [0.717, 1.165) is 0 Å². The van der Waals surface area contributed by atoms with E-state index >= 15 is 0 Å². The molecule has 0 amide bonds. The fourth-order valence-electron chi connectivity index (χ4n) is 0.289. The maximum atomic E-state index is 2.21. The van der Waals surface area contributed by atoms with Crippen molar-refractivity contribution in [2.75, 3.05) is 0 Å². The van der Waals surface area contributed by atoms with Crippen molar-refractivity contribution in [3.8, 4) is 0 Å². The second-order valence-electron chi connectivity index (χ2n) is 2.12. The van der Waals surface area contributed by atoms with Crippen LogP contribution in [-0.2, 0) is 27.7 Å². The smallest absolute Gasteiger partial charge is 0 e. The van der Waals surface area contributed by atoms with Crippen molar-refractivity contribution in [2.24, 2.45) is 0 Å². The fourth-order valence-corrected chi connectivity index (χ4v) is 1.94.